The zero-order valence-corrected chi connectivity index (χ0v) is 12.6. The van der Waals surface area contributed by atoms with Crippen LogP contribution in [0.1, 0.15) is 39.0 Å². The second-order valence-electron chi connectivity index (χ2n) is 5.13. The van der Waals surface area contributed by atoms with Crippen molar-refractivity contribution in [1.82, 2.24) is 5.32 Å². The Hall–Kier alpha value is -0.540. The van der Waals surface area contributed by atoms with E-state index in [0.29, 0.717) is 6.04 Å². The largest absolute Gasteiger partial charge is 0.489 e. The standard InChI is InChI=1S/C15H22BrNO/c1-12(11-17-14-7-3-2-4-8-14)18-15-9-5-6-13(16)10-15/h5-6,9-10,12,14,17H,2-4,7-8,11H2,1H3. The number of hydrogen-bond acceptors (Lipinski definition) is 2. The highest BCUT2D eigenvalue weighted by Crippen LogP contribution is 2.19. The number of hydrogen-bond donors (Lipinski definition) is 1. The zero-order valence-electron chi connectivity index (χ0n) is 11.0. The molecule has 2 nitrogen and oxygen atoms in total. The molecule has 1 atom stereocenters. The predicted molar refractivity (Wildman–Crippen MR) is 79.1 cm³/mol. The fourth-order valence-corrected chi connectivity index (χ4v) is 2.83. The van der Waals surface area contributed by atoms with E-state index in [0.717, 1.165) is 16.8 Å². The van der Waals surface area contributed by atoms with Crippen LogP contribution in [0.25, 0.3) is 0 Å². The molecule has 18 heavy (non-hydrogen) atoms. The summed E-state index contributed by atoms with van der Waals surface area (Å²) >= 11 is 3.46. The predicted octanol–water partition coefficient (Wildman–Crippen LogP) is 4.14. The second-order valence-corrected chi connectivity index (χ2v) is 6.04. The Morgan fingerprint density at radius 3 is 2.83 bits per heavy atom. The van der Waals surface area contributed by atoms with Crippen LogP contribution in [0.5, 0.6) is 5.75 Å². The topological polar surface area (TPSA) is 21.3 Å². The molecule has 1 aromatic rings. The molecule has 100 valence electrons. The average molecular weight is 312 g/mol. The molecule has 0 radical (unpaired) electrons. The van der Waals surface area contributed by atoms with Gasteiger partial charge in [-0.1, -0.05) is 41.3 Å². The molecule has 0 bridgehead atoms. The Kier molecular flexibility index (Phi) is 5.51. The first-order valence-electron chi connectivity index (χ1n) is 6.89. The van der Waals surface area contributed by atoms with Gasteiger partial charge >= 0.3 is 0 Å². The van der Waals surface area contributed by atoms with Crippen LogP contribution in [-0.4, -0.2) is 18.7 Å². The highest BCUT2D eigenvalue weighted by molar-refractivity contribution is 9.10. The molecule has 1 aliphatic rings. The van der Waals surface area contributed by atoms with E-state index in [1.807, 2.05) is 24.3 Å². The van der Waals surface area contributed by atoms with Gasteiger partial charge in [-0.05, 0) is 38.0 Å². The lowest BCUT2D eigenvalue weighted by Gasteiger charge is -2.25. The van der Waals surface area contributed by atoms with Gasteiger partial charge in [0.15, 0.2) is 0 Å². The van der Waals surface area contributed by atoms with Crippen LogP contribution in [0, 0.1) is 0 Å². The third kappa shape index (κ3) is 4.62. The van der Waals surface area contributed by atoms with Gasteiger partial charge < -0.3 is 10.1 Å². The van der Waals surface area contributed by atoms with E-state index >= 15 is 0 Å². The molecule has 1 unspecified atom stereocenters. The van der Waals surface area contributed by atoms with Gasteiger partial charge in [-0.3, -0.25) is 0 Å². The molecule has 0 aliphatic heterocycles. The minimum absolute atomic E-state index is 0.209. The molecule has 1 aromatic carbocycles. The van der Waals surface area contributed by atoms with Gasteiger partial charge in [0.05, 0.1) is 0 Å². The third-order valence-electron chi connectivity index (χ3n) is 3.43. The Balaban J connectivity index is 1.72. The molecule has 1 N–H and O–H groups in total. The van der Waals surface area contributed by atoms with Crippen LogP contribution in [0.2, 0.25) is 0 Å². The van der Waals surface area contributed by atoms with Gasteiger partial charge in [-0.25, -0.2) is 0 Å². The van der Waals surface area contributed by atoms with E-state index in [1.165, 1.54) is 32.1 Å². The lowest BCUT2D eigenvalue weighted by Crippen LogP contribution is -2.37. The highest BCUT2D eigenvalue weighted by Gasteiger charge is 2.14. The van der Waals surface area contributed by atoms with Crippen LogP contribution >= 0.6 is 15.9 Å². The molecule has 3 heteroatoms. The summed E-state index contributed by atoms with van der Waals surface area (Å²) in [5.74, 6) is 0.933. The fourth-order valence-electron chi connectivity index (χ4n) is 2.45. The number of nitrogens with one attached hydrogen (secondary N) is 1. The minimum atomic E-state index is 0.209. The first-order valence-corrected chi connectivity index (χ1v) is 7.69. The first kappa shape index (κ1) is 13.9. The monoisotopic (exact) mass is 311 g/mol. The van der Waals surface area contributed by atoms with Crippen molar-refractivity contribution in [3.05, 3.63) is 28.7 Å². The van der Waals surface area contributed by atoms with Crippen molar-refractivity contribution in [3.8, 4) is 5.75 Å². The second kappa shape index (κ2) is 7.15. The van der Waals surface area contributed by atoms with Crippen molar-refractivity contribution >= 4 is 15.9 Å². The van der Waals surface area contributed by atoms with E-state index in [2.05, 4.69) is 28.2 Å². The maximum Gasteiger partial charge on any atom is 0.120 e. The molecule has 0 saturated heterocycles. The first-order chi connectivity index (χ1) is 8.74. The fraction of sp³-hybridized carbons (Fsp3) is 0.600. The molecular weight excluding hydrogens is 290 g/mol. The normalized spacial score (nSPS) is 18.6. The van der Waals surface area contributed by atoms with Crippen molar-refractivity contribution in [2.45, 2.75) is 51.2 Å². The van der Waals surface area contributed by atoms with Crippen molar-refractivity contribution in [2.24, 2.45) is 0 Å². The molecule has 0 aromatic heterocycles. The van der Waals surface area contributed by atoms with Gasteiger partial charge in [-0.2, -0.15) is 0 Å². The van der Waals surface area contributed by atoms with Crippen LogP contribution in [-0.2, 0) is 0 Å². The van der Waals surface area contributed by atoms with E-state index in [9.17, 15) is 0 Å². The smallest absolute Gasteiger partial charge is 0.120 e. The molecule has 1 fully saturated rings. The van der Waals surface area contributed by atoms with Gasteiger partial charge in [0.1, 0.15) is 11.9 Å². The summed E-state index contributed by atoms with van der Waals surface area (Å²) in [5, 5.41) is 3.62. The maximum absolute atomic E-state index is 5.89. The molecule has 0 amide bonds. The Morgan fingerprint density at radius 2 is 2.11 bits per heavy atom. The van der Waals surface area contributed by atoms with E-state index in [4.69, 9.17) is 4.74 Å². The van der Waals surface area contributed by atoms with E-state index in [-0.39, 0.29) is 6.10 Å². The summed E-state index contributed by atoms with van der Waals surface area (Å²) in [5.41, 5.74) is 0. The molecular formula is C15H22BrNO. The number of benzene rings is 1. The summed E-state index contributed by atoms with van der Waals surface area (Å²) in [4.78, 5) is 0. The van der Waals surface area contributed by atoms with E-state index in [1.54, 1.807) is 0 Å². The highest BCUT2D eigenvalue weighted by atomic mass is 79.9. The van der Waals surface area contributed by atoms with Crippen LogP contribution in [0.4, 0.5) is 0 Å². The Bertz CT molecular complexity index is 363. The number of ether oxygens (including phenoxy) is 1. The Labute approximate surface area is 118 Å². The average Bonchev–Trinajstić information content (AvgIpc) is 2.38. The lowest BCUT2D eigenvalue weighted by molar-refractivity contribution is 0.205. The van der Waals surface area contributed by atoms with Crippen molar-refractivity contribution < 1.29 is 4.74 Å². The van der Waals surface area contributed by atoms with Crippen LogP contribution < -0.4 is 10.1 Å². The molecule has 0 spiro atoms. The molecule has 1 aliphatic carbocycles. The van der Waals surface area contributed by atoms with Crippen molar-refractivity contribution in [3.63, 3.8) is 0 Å². The summed E-state index contributed by atoms with van der Waals surface area (Å²) < 4.78 is 6.96. The summed E-state index contributed by atoms with van der Waals surface area (Å²) in [6, 6.07) is 8.73. The molecule has 2 rings (SSSR count). The van der Waals surface area contributed by atoms with Crippen molar-refractivity contribution in [1.29, 1.82) is 0 Å². The summed E-state index contributed by atoms with van der Waals surface area (Å²) in [7, 11) is 0. The minimum Gasteiger partial charge on any atom is -0.489 e. The summed E-state index contributed by atoms with van der Waals surface area (Å²) in [6.45, 7) is 3.05. The molecule has 0 heterocycles. The summed E-state index contributed by atoms with van der Waals surface area (Å²) in [6.07, 6.45) is 7.01. The van der Waals surface area contributed by atoms with Gasteiger partial charge in [-0.15, -0.1) is 0 Å². The maximum atomic E-state index is 5.89. The van der Waals surface area contributed by atoms with E-state index < -0.39 is 0 Å². The number of rotatable bonds is 5. The molecule has 1 saturated carbocycles. The number of halogens is 1. The lowest BCUT2D eigenvalue weighted by atomic mass is 9.95. The Morgan fingerprint density at radius 1 is 1.33 bits per heavy atom. The SMILES string of the molecule is CC(CNC1CCCCC1)Oc1cccc(Br)c1. The third-order valence-corrected chi connectivity index (χ3v) is 3.93. The van der Waals surface area contributed by atoms with Crippen LogP contribution in [0.15, 0.2) is 28.7 Å². The quantitative estimate of drug-likeness (QED) is 0.882. The van der Waals surface area contributed by atoms with Gasteiger partial charge in [0.2, 0.25) is 0 Å². The van der Waals surface area contributed by atoms with Crippen LogP contribution in [0.3, 0.4) is 0 Å². The van der Waals surface area contributed by atoms with Crippen molar-refractivity contribution in [2.75, 3.05) is 6.54 Å². The zero-order chi connectivity index (χ0) is 12.8. The van der Waals surface area contributed by atoms with Gasteiger partial charge in [0.25, 0.3) is 0 Å². The van der Waals surface area contributed by atoms with Gasteiger partial charge in [0, 0.05) is 17.1 Å².